The smallest absolute Gasteiger partial charge is 0.338 e. The molecule has 3 aromatic carbocycles. The van der Waals surface area contributed by atoms with Crippen molar-refractivity contribution in [2.24, 2.45) is 0 Å². The molecule has 0 saturated heterocycles. The lowest BCUT2D eigenvalue weighted by Gasteiger charge is -2.28. The number of ether oxygens (including phenoxy) is 3. The molecular weight excluding hydrogens is 328 g/mol. The van der Waals surface area contributed by atoms with Crippen LogP contribution in [0.3, 0.4) is 0 Å². The van der Waals surface area contributed by atoms with Gasteiger partial charge < -0.3 is 14.2 Å². The highest BCUT2D eigenvalue weighted by atomic mass is 16.7. The number of esters is 1. The van der Waals surface area contributed by atoms with Crippen LogP contribution in [0.25, 0.3) is 0 Å². The standard InChI is InChI=1S/C22H18O4/c1-15-13-19-20(14-18(15)21(23)24-2)26-22(25-19,16-9-5-3-6-10-16)17-11-7-4-8-12-17/h3-14H,1-2H3. The zero-order valence-electron chi connectivity index (χ0n) is 14.6. The van der Waals surface area contributed by atoms with Gasteiger partial charge in [-0.3, -0.25) is 0 Å². The minimum absolute atomic E-state index is 0.397. The Morgan fingerprint density at radius 1 is 0.846 bits per heavy atom. The fourth-order valence-electron chi connectivity index (χ4n) is 3.20. The summed E-state index contributed by atoms with van der Waals surface area (Å²) in [4.78, 5) is 12.0. The molecule has 1 aliphatic rings. The molecule has 0 radical (unpaired) electrons. The molecule has 4 nitrogen and oxygen atoms in total. The number of rotatable bonds is 3. The van der Waals surface area contributed by atoms with E-state index < -0.39 is 11.8 Å². The van der Waals surface area contributed by atoms with Gasteiger partial charge in [-0.15, -0.1) is 0 Å². The van der Waals surface area contributed by atoms with E-state index in [9.17, 15) is 4.79 Å². The average molecular weight is 346 g/mol. The second kappa shape index (κ2) is 6.23. The molecule has 0 amide bonds. The Morgan fingerprint density at radius 2 is 1.35 bits per heavy atom. The van der Waals surface area contributed by atoms with E-state index in [1.807, 2.05) is 73.7 Å². The van der Waals surface area contributed by atoms with E-state index >= 15 is 0 Å². The van der Waals surface area contributed by atoms with Crippen molar-refractivity contribution in [3.8, 4) is 11.5 Å². The lowest BCUT2D eigenvalue weighted by molar-refractivity contribution is -0.0459. The summed E-state index contributed by atoms with van der Waals surface area (Å²) in [5.74, 6) is -0.371. The van der Waals surface area contributed by atoms with Gasteiger partial charge in [-0.1, -0.05) is 60.7 Å². The second-order valence-electron chi connectivity index (χ2n) is 6.16. The topological polar surface area (TPSA) is 44.8 Å². The SMILES string of the molecule is COC(=O)c1cc2c(cc1C)OC(c1ccccc1)(c1ccccc1)O2. The first-order chi connectivity index (χ1) is 12.6. The lowest BCUT2D eigenvalue weighted by Crippen LogP contribution is -2.36. The lowest BCUT2D eigenvalue weighted by atomic mass is 9.97. The van der Waals surface area contributed by atoms with Crippen LogP contribution in [-0.4, -0.2) is 13.1 Å². The summed E-state index contributed by atoms with van der Waals surface area (Å²) in [6.07, 6.45) is 0. The third-order valence-electron chi connectivity index (χ3n) is 4.51. The zero-order chi connectivity index (χ0) is 18.1. The molecule has 0 saturated carbocycles. The molecule has 0 aliphatic carbocycles. The Morgan fingerprint density at radius 3 is 1.85 bits per heavy atom. The van der Waals surface area contributed by atoms with Crippen molar-refractivity contribution in [2.45, 2.75) is 12.7 Å². The number of carbonyl (C=O) groups excluding carboxylic acids is 1. The summed E-state index contributed by atoms with van der Waals surface area (Å²) in [6, 6.07) is 23.0. The van der Waals surface area contributed by atoms with E-state index in [0.717, 1.165) is 16.7 Å². The molecule has 0 bridgehead atoms. The fraction of sp³-hybridized carbons (Fsp3) is 0.136. The van der Waals surface area contributed by atoms with Gasteiger partial charge in [0.25, 0.3) is 0 Å². The Kier molecular flexibility index (Phi) is 3.88. The third kappa shape index (κ3) is 2.51. The third-order valence-corrected chi connectivity index (χ3v) is 4.51. The minimum Gasteiger partial charge on any atom is -0.465 e. The van der Waals surface area contributed by atoms with Gasteiger partial charge in [0.2, 0.25) is 0 Å². The molecule has 0 unspecified atom stereocenters. The maximum atomic E-state index is 12.0. The quantitative estimate of drug-likeness (QED) is 0.657. The monoisotopic (exact) mass is 346 g/mol. The maximum Gasteiger partial charge on any atom is 0.338 e. The van der Waals surface area contributed by atoms with Crippen LogP contribution in [0.2, 0.25) is 0 Å². The summed E-state index contributed by atoms with van der Waals surface area (Å²) in [6.45, 7) is 1.85. The van der Waals surface area contributed by atoms with Gasteiger partial charge in [-0.25, -0.2) is 4.79 Å². The normalized spacial score (nSPS) is 14.1. The summed E-state index contributed by atoms with van der Waals surface area (Å²) < 4.78 is 17.5. The first kappa shape index (κ1) is 16.2. The van der Waals surface area contributed by atoms with Gasteiger partial charge in [0.15, 0.2) is 11.5 Å². The predicted molar refractivity (Wildman–Crippen MR) is 97.4 cm³/mol. The molecule has 1 aliphatic heterocycles. The number of fused-ring (bicyclic) bond motifs is 1. The first-order valence-corrected chi connectivity index (χ1v) is 8.36. The predicted octanol–water partition coefficient (Wildman–Crippen LogP) is 4.45. The minimum atomic E-state index is -1.09. The highest BCUT2D eigenvalue weighted by Gasteiger charge is 2.45. The highest BCUT2D eigenvalue weighted by Crippen LogP contribution is 2.48. The van der Waals surface area contributed by atoms with Gasteiger partial charge in [-0.2, -0.15) is 0 Å². The molecular formula is C22H18O4. The number of aryl methyl sites for hydroxylation is 1. The summed E-state index contributed by atoms with van der Waals surface area (Å²) in [7, 11) is 1.37. The highest BCUT2D eigenvalue weighted by molar-refractivity contribution is 5.92. The Labute approximate surface area is 152 Å². The Bertz CT molecular complexity index is 909. The van der Waals surface area contributed by atoms with Gasteiger partial charge >= 0.3 is 11.8 Å². The maximum absolute atomic E-state index is 12.0. The molecule has 4 heteroatoms. The average Bonchev–Trinajstić information content (AvgIpc) is 3.07. The van der Waals surface area contributed by atoms with Gasteiger partial charge in [-0.05, 0) is 24.6 Å². The van der Waals surface area contributed by atoms with Crippen molar-refractivity contribution in [1.82, 2.24) is 0 Å². The Hall–Kier alpha value is -3.27. The molecule has 0 N–H and O–H groups in total. The van der Waals surface area contributed by atoms with Crippen LogP contribution < -0.4 is 9.47 Å². The van der Waals surface area contributed by atoms with E-state index in [4.69, 9.17) is 14.2 Å². The summed E-state index contributed by atoms with van der Waals surface area (Å²) >= 11 is 0. The molecule has 0 atom stereocenters. The van der Waals surface area contributed by atoms with Crippen molar-refractivity contribution in [3.63, 3.8) is 0 Å². The van der Waals surface area contributed by atoms with Crippen LogP contribution in [0.15, 0.2) is 72.8 Å². The van der Waals surface area contributed by atoms with E-state index in [1.54, 1.807) is 6.07 Å². The van der Waals surface area contributed by atoms with Gasteiger partial charge in [0, 0.05) is 11.1 Å². The molecule has 1 heterocycles. The number of benzene rings is 3. The van der Waals surface area contributed by atoms with Crippen molar-refractivity contribution in [1.29, 1.82) is 0 Å². The van der Waals surface area contributed by atoms with Crippen LogP contribution >= 0.6 is 0 Å². The number of hydrogen-bond donors (Lipinski definition) is 0. The number of methoxy groups -OCH3 is 1. The van der Waals surface area contributed by atoms with Crippen LogP contribution in [0.5, 0.6) is 11.5 Å². The van der Waals surface area contributed by atoms with Crippen molar-refractivity contribution >= 4 is 5.97 Å². The zero-order valence-corrected chi connectivity index (χ0v) is 14.6. The van der Waals surface area contributed by atoms with E-state index in [1.165, 1.54) is 7.11 Å². The first-order valence-electron chi connectivity index (χ1n) is 8.36. The van der Waals surface area contributed by atoms with E-state index in [0.29, 0.717) is 17.1 Å². The summed E-state index contributed by atoms with van der Waals surface area (Å²) in [5.41, 5.74) is 2.99. The number of hydrogen-bond acceptors (Lipinski definition) is 4. The fourth-order valence-corrected chi connectivity index (χ4v) is 3.20. The van der Waals surface area contributed by atoms with Gasteiger partial charge in [0.1, 0.15) is 0 Å². The molecule has 130 valence electrons. The van der Waals surface area contributed by atoms with Crippen molar-refractivity contribution in [2.75, 3.05) is 7.11 Å². The Balaban J connectivity index is 1.86. The van der Waals surface area contributed by atoms with E-state index in [-0.39, 0.29) is 0 Å². The van der Waals surface area contributed by atoms with Crippen LogP contribution in [-0.2, 0) is 10.5 Å². The second-order valence-corrected chi connectivity index (χ2v) is 6.16. The summed E-state index contributed by atoms with van der Waals surface area (Å²) in [5, 5.41) is 0. The molecule has 0 spiro atoms. The van der Waals surface area contributed by atoms with Crippen LogP contribution in [0.1, 0.15) is 27.0 Å². The molecule has 0 aromatic heterocycles. The van der Waals surface area contributed by atoms with Crippen molar-refractivity contribution in [3.05, 3.63) is 95.1 Å². The van der Waals surface area contributed by atoms with Gasteiger partial charge in [0.05, 0.1) is 12.7 Å². The largest absolute Gasteiger partial charge is 0.465 e. The van der Waals surface area contributed by atoms with Crippen molar-refractivity contribution < 1.29 is 19.0 Å². The number of carbonyl (C=O) groups is 1. The molecule has 0 fully saturated rings. The van der Waals surface area contributed by atoms with E-state index in [2.05, 4.69) is 0 Å². The molecule has 4 rings (SSSR count). The molecule has 3 aromatic rings. The van der Waals surface area contributed by atoms with Crippen LogP contribution in [0.4, 0.5) is 0 Å². The van der Waals surface area contributed by atoms with Crippen LogP contribution in [0, 0.1) is 6.92 Å². The molecule has 26 heavy (non-hydrogen) atoms.